The molecule has 5 heteroatoms. The summed E-state index contributed by atoms with van der Waals surface area (Å²) in [5, 5.41) is 9.19. The van der Waals surface area contributed by atoms with Gasteiger partial charge in [-0.2, -0.15) is 0 Å². The van der Waals surface area contributed by atoms with E-state index >= 15 is 0 Å². The third kappa shape index (κ3) is 1.79. The average Bonchev–Trinajstić information content (AvgIpc) is 2.44. The summed E-state index contributed by atoms with van der Waals surface area (Å²) >= 11 is 0.993. The molecule has 1 aliphatic carbocycles. The van der Waals surface area contributed by atoms with Crippen molar-refractivity contribution in [3.05, 3.63) is 15.6 Å². The highest BCUT2D eigenvalue weighted by atomic mass is 32.1. The van der Waals surface area contributed by atoms with E-state index in [1.54, 1.807) is 6.92 Å². The molecule has 1 saturated carbocycles. The Labute approximate surface area is 91.0 Å². The maximum Gasteiger partial charge on any atom is 0.347 e. The van der Waals surface area contributed by atoms with Gasteiger partial charge in [0.2, 0.25) is 0 Å². The Kier molecular flexibility index (Phi) is 2.56. The number of thiazole rings is 1. The highest BCUT2D eigenvalue weighted by Gasteiger charge is 2.29. The molecule has 0 amide bonds. The predicted molar refractivity (Wildman–Crippen MR) is 55.5 cm³/mol. The van der Waals surface area contributed by atoms with Gasteiger partial charge in [0, 0.05) is 5.92 Å². The third-order valence-electron chi connectivity index (χ3n) is 2.68. The van der Waals surface area contributed by atoms with Gasteiger partial charge >= 0.3 is 5.97 Å². The number of rotatable bonds is 3. The minimum absolute atomic E-state index is 0.0156. The number of aromatic carboxylic acids is 1. The van der Waals surface area contributed by atoms with Crippen LogP contribution in [0, 0.1) is 12.8 Å². The maximum atomic E-state index is 11.8. The van der Waals surface area contributed by atoms with Gasteiger partial charge in [0.25, 0.3) is 0 Å². The lowest BCUT2D eigenvalue weighted by atomic mass is 9.82. The Bertz CT molecular complexity index is 420. The molecule has 80 valence electrons. The number of carbonyl (C=O) groups is 2. The quantitative estimate of drug-likeness (QED) is 0.800. The highest BCUT2D eigenvalue weighted by Crippen LogP contribution is 2.31. The van der Waals surface area contributed by atoms with Crippen molar-refractivity contribution in [2.24, 2.45) is 5.92 Å². The molecule has 4 nitrogen and oxygen atoms in total. The molecule has 15 heavy (non-hydrogen) atoms. The monoisotopic (exact) mass is 225 g/mol. The minimum atomic E-state index is -1.00. The SMILES string of the molecule is Cc1nc(C(=O)C2CCC2)sc1C(=O)O. The van der Waals surface area contributed by atoms with Crippen molar-refractivity contribution in [2.45, 2.75) is 26.2 Å². The first-order valence-electron chi connectivity index (χ1n) is 4.84. The molecule has 2 rings (SSSR count). The van der Waals surface area contributed by atoms with Gasteiger partial charge in [0.05, 0.1) is 5.69 Å². The molecule has 1 aliphatic rings. The molecule has 0 aliphatic heterocycles. The number of Topliss-reactive ketones (excluding diaryl/α,β-unsaturated/α-hetero) is 1. The zero-order valence-electron chi connectivity index (χ0n) is 8.32. The fourth-order valence-corrected chi connectivity index (χ4v) is 2.47. The molecule has 0 saturated heterocycles. The van der Waals surface area contributed by atoms with Crippen LogP contribution in [0.1, 0.15) is 44.4 Å². The molecular formula is C10H11NO3S. The molecule has 1 aromatic heterocycles. The van der Waals surface area contributed by atoms with Crippen LogP contribution in [0.2, 0.25) is 0 Å². The van der Waals surface area contributed by atoms with Gasteiger partial charge in [-0.15, -0.1) is 11.3 Å². The number of ketones is 1. The van der Waals surface area contributed by atoms with Gasteiger partial charge in [-0.3, -0.25) is 4.79 Å². The van der Waals surface area contributed by atoms with Crippen LogP contribution in [-0.4, -0.2) is 21.8 Å². The fourth-order valence-electron chi connectivity index (χ4n) is 1.55. The molecule has 1 heterocycles. The van der Waals surface area contributed by atoms with Gasteiger partial charge in [-0.1, -0.05) is 6.42 Å². The fraction of sp³-hybridized carbons (Fsp3) is 0.500. The van der Waals surface area contributed by atoms with Gasteiger partial charge in [0.15, 0.2) is 10.8 Å². The molecule has 0 aromatic carbocycles. The molecule has 0 bridgehead atoms. The van der Waals surface area contributed by atoms with Gasteiger partial charge in [-0.25, -0.2) is 9.78 Å². The number of nitrogens with zero attached hydrogens (tertiary/aromatic N) is 1. The average molecular weight is 225 g/mol. The largest absolute Gasteiger partial charge is 0.477 e. The summed E-state index contributed by atoms with van der Waals surface area (Å²) in [5.41, 5.74) is 0.440. The van der Waals surface area contributed by atoms with E-state index in [4.69, 9.17) is 5.11 Å². The third-order valence-corrected chi connectivity index (χ3v) is 3.84. The first kappa shape index (κ1) is 10.3. The highest BCUT2D eigenvalue weighted by molar-refractivity contribution is 7.15. The molecule has 0 radical (unpaired) electrons. The van der Waals surface area contributed by atoms with E-state index in [0.717, 1.165) is 30.6 Å². The van der Waals surface area contributed by atoms with Crippen molar-refractivity contribution in [2.75, 3.05) is 0 Å². The van der Waals surface area contributed by atoms with E-state index in [2.05, 4.69) is 4.98 Å². The lowest BCUT2D eigenvalue weighted by molar-refractivity contribution is 0.0700. The van der Waals surface area contributed by atoms with E-state index in [9.17, 15) is 9.59 Å². The van der Waals surface area contributed by atoms with E-state index in [-0.39, 0.29) is 16.6 Å². The van der Waals surface area contributed by atoms with Gasteiger partial charge in [0.1, 0.15) is 4.88 Å². The lowest BCUT2D eigenvalue weighted by Crippen LogP contribution is -2.21. The molecule has 1 fully saturated rings. The van der Waals surface area contributed by atoms with E-state index in [1.165, 1.54) is 0 Å². The van der Waals surface area contributed by atoms with Crippen LogP contribution in [0.3, 0.4) is 0 Å². The minimum Gasteiger partial charge on any atom is -0.477 e. The Balaban J connectivity index is 2.25. The van der Waals surface area contributed by atoms with Crippen LogP contribution in [0.15, 0.2) is 0 Å². The molecule has 0 unspecified atom stereocenters. The summed E-state index contributed by atoms with van der Waals surface area (Å²) in [5.74, 6) is -0.906. The van der Waals surface area contributed by atoms with Crippen LogP contribution < -0.4 is 0 Å². The second kappa shape index (κ2) is 3.73. The van der Waals surface area contributed by atoms with Crippen LogP contribution >= 0.6 is 11.3 Å². The predicted octanol–water partition coefficient (Wildman–Crippen LogP) is 2.13. The summed E-state index contributed by atoms with van der Waals surface area (Å²) in [4.78, 5) is 26.7. The Morgan fingerprint density at radius 3 is 2.53 bits per heavy atom. The molecule has 1 N–H and O–H groups in total. The number of carboxylic acids is 1. The standard InChI is InChI=1S/C10H11NO3S/c1-5-8(10(13)14)15-9(11-5)7(12)6-3-2-4-6/h6H,2-4H2,1H3,(H,13,14). The summed E-state index contributed by atoms with van der Waals surface area (Å²) < 4.78 is 0. The number of carboxylic acid groups (broad SMARTS) is 1. The topological polar surface area (TPSA) is 67.3 Å². The van der Waals surface area contributed by atoms with Crippen molar-refractivity contribution in [3.8, 4) is 0 Å². The van der Waals surface area contributed by atoms with Crippen molar-refractivity contribution >= 4 is 23.1 Å². The maximum absolute atomic E-state index is 11.8. The Hall–Kier alpha value is -1.23. The number of aromatic nitrogens is 1. The van der Waals surface area contributed by atoms with Crippen LogP contribution in [0.4, 0.5) is 0 Å². The summed E-state index contributed by atoms with van der Waals surface area (Å²) in [6, 6.07) is 0. The molecular weight excluding hydrogens is 214 g/mol. The van der Waals surface area contributed by atoms with Crippen LogP contribution in [0.25, 0.3) is 0 Å². The van der Waals surface area contributed by atoms with E-state index < -0.39 is 5.97 Å². The first-order valence-corrected chi connectivity index (χ1v) is 5.66. The molecule has 1 aromatic rings. The van der Waals surface area contributed by atoms with Crippen molar-refractivity contribution < 1.29 is 14.7 Å². The molecule has 0 spiro atoms. The molecule has 0 atom stereocenters. The second-order valence-corrected chi connectivity index (χ2v) is 4.73. The zero-order valence-corrected chi connectivity index (χ0v) is 9.13. The zero-order chi connectivity index (χ0) is 11.0. The van der Waals surface area contributed by atoms with E-state index in [0.29, 0.717) is 10.7 Å². The summed E-state index contributed by atoms with van der Waals surface area (Å²) in [6.45, 7) is 1.62. The van der Waals surface area contributed by atoms with Gasteiger partial charge < -0.3 is 5.11 Å². The smallest absolute Gasteiger partial charge is 0.347 e. The number of aryl methyl sites for hydroxylation is 1. The number of hydrogen-bond acceptors (Lipinski definition) is 4. The first-order chi connectivity index (χ1) is 7.09. The van der Waals surface area contributed by atoms with Crippen molar-refractivity contribution in [1.82, 2.24) is 4.98 Å². The summed E-state index contributed by atoms with van der Waals surface area (Å²) in [7, 11) is 0. The number of carbonyl (C=O) groups excluding carboxylic acids is 1. The van der Waals surface area contributed by atoms with Crippen molar-refractivity contribution in [1.29, 1.82) is 0 Å². The Morgan fingerprint density at radius 1 is 1.47 bits per heavy atom. The van der Waals surface area contributed by atoms with Crippen LogP contribution in [-0.2, 0) is 0 Å². The summed E-state index contributed by atoms with van der Waals surface area (Å²) in [6.07, 6.45) is 2.92. The van der Waals surface area contributed by atoms with Crippen LogP contribution in [0.5, 0.6) is 0 Å². The van der Waals surface area contributed by atoms with Gasteiger partial charge in [-0.05, 0) is 19.8 Å². The lowest BCUT2D eigenvalue weighted by Gasteiger charge is -2.22. The Morgan fingerprint density at radius 2 is 2.13 bits per heavy atom. The van der Waals surface area contributed by atoms with Crippen molar-refractivity contribution in [3.63, 3.8) is 0 Å². The number of hydrogen-bond donors (Lipinski definition) is 1. The second-order valence-electron chi connectivity index (χ2n) is 3.73. The normalized spacial score (nSPS) is 16.1. The van der Waals surface area contributed by atoms with E-state index in [1.807, 2.05) is 0 Å².